The third-order valence-corrected chi connectivity index (χ3v) is 10.8. The van der Waals surface area contributed by atoms with E-state index in [0.717, 1.165) is 60.1 Å². The monoisotopic (exact) mass is 675 g/mol. The zero-order valence-electron chi connectivity index (χ0n) is 26.5. The first-order chi connectivity index (χ1) is 22.2. The minimum Gasteiger partial charge on any atom is -0.495 e. The Labute approximate surface area is 284 Å². The number of fused-ring (bicyclic) bond motifs is 1. The molecule has 1 amide bonds. The van der Waals surface area contributed by atoms with Crippen molar-refractivity contribution in [2.24, 2.45) is 0 Å². The minimum absolute atomic E-state index is 0.00367. The number of likely N-dealkylation sites (tertiary alicyclic amines) is 1. The van der Waals surface area contributed by atoms with Gasteiger partial charge in [0, 0.05) is 30.2 Å². The van der Waals surface area contributed by atoms with E-state index in [1.165, 1.54) is 12.7 Å². The molecule has 6 nitrogen and oxygen atoms in total. The van der Waals surface area contributed by atoms with Crippen LogP contribution in [0.1, 0.15) is 65.1 Å². The summed E-state index contributed by atoms with van der Waals surface area (Å²) >= 11 is 12.8. The first kappa shape index (κ1) is 33.9. The van der Waals surface area contributed by atoms with Gasteiger partial charge in [0.25, 0.3) is 5.91 Å². The second kappa shape index (κ2) is 15.5. The average Bonchev–Trinajstić information content (AvgIpc) is 3.08. The lowest BCUT2D eigenvalue weighted by Gasteiger charge is -2.34. The van der Waals surface area contributed by atoms with Crippen LogP contribution in [0, 0.1) is 11.3 Å². The summed E-state index contributed by atoms with van der Waals surface area (Å²) in [7, 11) is 0.488. The van der Waals surface area contributed by atoms with E-state index in [-0.39, 0.29) is 11.8 Å². The van der Waals surface area contributed by atoms with E-state index in [1.807, 2.05) is 72.5 Å². The molecule has 2 atom stereocenters. The topological polar surface area (TPSA) is 73.6 Å². The number of carbonyl (C=O) groups excluding carboxylic acids is 1. The molecule has 46 heavy (non-hydrogen) atoms. The molecule has 1 fully saturated rings. The van der Waals surface area contributed by atoms with Crippen LogP contribution in [0.4, 0.5) is 0 Å². The van der Waals surface area contributed by atoms with Crippen LogP contribution < -0.4 is 4.74 Å². The van der Waals surface area contributed by atoms with Crippen molar-refractivity contribution in [3.05, 3.63) is 105 Å². The normalized spacial score (nSPS) is 15.3. The molecule has 4 aromatic rings. The van der Waals surface area contributed by atoms with Crippen molar-refractivity contribution in [1.29, 1.82) is 5.26 Å². The maximum Gasteiger partial charge on any atom is 0.258 e. The van der Waals surface area contributed by atoms with Crippen LogP contribution in [0.15, 0.2) is 77.7 Å². The number of likely N-dealkylation sites (N-methyl/N-ethyl adjacent to an activating group) is 1. The van der Waals surface area contributed by atoms with Crippen LogP contribution in [0.25, 0.3) is 10.8 Å². The molecular weight excluding hydrogens is 637 g/mol. The number of nitriles is 1. The van der Waals surface area contributed by atoms with Gasteiger partial charge in [0.2, 0.25) is 0 Å². The van der Waals surface area contributed by atoms with E-state index in [4.69, 9.17) is 27.9 Å². The summed E-state index contributed by atoms with van der Waals surface area (Å²) in [5.41, 5.74) is 2.97. The number of carbonyl (C=O) groups is 1. The average molecular weight is 677 g/mol. The molecule has 0 radical (unpaired) electrons. The Hall–Kier alpha value is -3.41. The first-order valence-electron chi connectivity index (χ1n) is 15.6. The van der Waals surface area contributed by atoms with Crippen LogP contribution in [0.3, 0.4) is 0 Å². The lowest BCUT2D eigenvalue weighted by Crippen LogP contribution is -2.38. The first-order valence-corrected chi connectivity index (χ1v) is 18.0. The van der Waals surface area contributed by atoms with Crippen LogP contribution in [0.2, 0.25) is 10.0 Å². The van der Waals surface area contributed by atoms with Crippen molar-refractivity contribution in [1.82, 2.24) is 9.80 Å². The Morgan fingerprint density at radius 2 is 1.78 bits per heavy atom. The smallest absolute Gasteiger partial charge is 0.258 e. The fourth-order valence-electron chi connectivity index (χ4n) is 6.63. The Morgan fingerprint density at radius 3 is 2.46 bits per heavy atom. The van der Waals surface area contributed by atoms with Gasteiger partial charge in [-0.25, -0.2) is 0 Å². The van der Waals surface area contributed by atoms with Crippen LogP contribution in [-0.2, 0) is 10.8 Å². The SMILES string of the molecule is CCN(C[C@@H](CCN1CCC(c2ccccc2S(C)=O)CC1)c1ccc(Cl)c(Cl)c1)C(=O)c1c(OC)c(C#N)cc2ccccc12. The van der Waals surface area contributed by atoms with Crippen molar-refractivity contribution < 1.29 is 13.7 Å². The van der Waals surface area contributed by atoms with E-state index in [1.54, 1.807) is 12.3 Å². The molecular formula is C37H39Cl2N3O3S. The number of benzene rings is 4. The molecule has 0 aliphatic carbocycles. The number of halogens is 2. The standard InChI is InChI=1S/C37H39Cl2N3O3S/c1-4-42(37(43)35-31-11-6-5-9-27(31)21-29(23-40)36(35)45-2)24-28(26-13-14-32(38)33(39)22-26)17-20-41-18-15-25(16-19-41)30-10-7-8-12-34(30)46(3)44/h5-14,21-22,25,28H,4,15-20,24H2,1-3H3/t28-,46?/m1/s1. The van der Waals surface area contributed by atoms with Gasteiger partial charge in [0.1, 0.15) is 11.8 Å². The maximum absolute atomic E-state index is 14.3. The molecule has 1 aliphatic rings. The highest BCUT2D eigenvalue weighted by atomic mass is 35.5. The van der Waals surface area contributed by atoms with Crippen LogP contribution in [-0.4, -0.2) is 66.0 Å². The zero-order chi connectivity index (χ0) is 32.8. The number of rotatable bonds is 11. The highest BCUT2D eigenvalue weighted by molar-refractivity contribution is 7.84. The third kappa shape index (κ3) is 7.42. The van der Waals surface area contributed by atoms with Gasteiger partial charge in [-0.3, -0.25) is 9.00 Å². The molecule has 4 aromatic carbocycles. The van der Waals surface area contributed by atoms with Gasteiger partial charge in [-0.2, -0.15) is 5.26 Å². The van der Waals surface area contributed by atoms with Gasteiger partial charge in [-0.05, 0) is 97.9 Å². The van der Waals surface area contributed by atoms with Gasteiger partial charge in [0.15, 0.2) is 0 Å². The Kier molecular flexibility index (Phi) is 11.4. The molecule has 1 aliphatic heterocycles. The summed E-state index contributed by atoms with van der Waals surface area (Å²) in [4.78, 5) is 19.6. The highest BCUT2D eigenvalue weighted by Gasteiger charge is 2.28. The second-order valence-electron chi connectivity index (χ2n) is 11.8. The lowest BCUT2D eigenvalue weighted by molar-refractivity contribution is 0.0747. The second-order valence-corrected chi connectivity index (χ2v) is 13.9. The van der Waals surface area contributed by atoms with Crippen molar-refractivity contribution in [3.63, 3.8) is 0 Å². The molecule has 0 aromatic heterocycles. The number of amides is 1. The summed E-state index contributed by atoms with van der Waals surface area (Å²) in [5, 5.41) is 12.4. The van der Waals surface area contributed by atoms with Crippen LogP contribution >= 0.6 is 23.2 Å². The summed E-state index contributed by atoms with van der Waals surface area (Å²) in [5.74, 6) is 0.512. The van der Waals surface area contributed by atoms with E-state index < -0.39 is 10.8 Å². The molecule has 0 spiro atoms. The third-order valence-electron chi connectivity index (χ3n) is 9.11. The number of hydrogen-bond donors (Lipinski definition) is 0. The van der Waals surface area contributed by atoms with Gasteiger partial charge < -0.3 is 14.5 Å². The van der Waals surface area contributed by atoms with Crippen molar-refractivity contribution in [3.8, 4) is 11.8 Å². The summed E-state index contributed by atoms with van der Waals surface area (Å²) in [6.45, 7) is 5.68. The summed E-state index contributed by atoms with van der Waals surface area (Å²) in [6, 6.07) is 25.4. The van der Waals surface area contributed by atoms with E-state index in [9.17, 15) is 14.3 Å². The van der Waals surface area contributed by atoms with Crippen molar-refractivity contribution in [2.45, 2.75) is 42.9 Å². The number of hydrogen-bond acceptors (Lipinski definition) is 5. The van der Waals surface area contributed by atoms with E-state index in [2.05, 4.69) is 17.0 Å². The molecule has 1 heterocycles. The number of nitrogens with zero attached hydrogens (tertiary/aromatic N) is 3. The molecule has 0 saturated carbocycles. The fraction of sp³-hybridized carbons (Fsp3) is 0.351. The maximum atomic E-state index is 14.3. The molecule has 240 valence electrons. The number of methoxy groups -OCH3 is 1. The van der Waals surface area contributed by atoms with Gasteiger partial charge in [0.05, 0.1) is 39.1 Å². The highest BCUT2D eigenvalue weighted by Crippen LogP contribution is 2.36. The Balaban J connectivity index is 1.37. The Morgan fingerprint density at radius 1 is 1.07 bits per heavy atom. The minimum atomic E-state index is -1.01. The van der Waals surface area contributed by atoms with Gasteiger partial charge >= 0.3 is 0 Å². The lowest BCUT2D eigenvalue weighted by atomic mass is 9.88. The number of ether oxygens (including phenoxy) is 1. The predicted octanol–water partition coefficient (Wildman–Crippen LogP) is 8.28. The van der Waals surface area contributed by atoms with Crippen LogP contribution in [0.5, 0.6) is 5.75 Å². The fourth-order valence-corrected chi connectivity index (χ4v) is 7.77. The molecule has 5 rings (SSSR count). The summed E-state index contributed by atoms with van der Waals surface area (Å²) < 4.78 is 18.0. The molecule has 9 heteroatoms. The van der Waals surface area contributed by atoms with Gasteiger partial charge in [-0.15, -0.1) is 0 Å². The van der Waals surface area contributed by atoms with E-state index >= 15 is 0 Å². The molecule has 1 unspecified atom stereocenters. The largest absolute Gasteiger partial charge is 0.495 e. The Bertz CT molecular complexity index is 1780. The predicted molar refractivity (Wildman–Crippen MR) is 188 cm³/mol. The number of piperidine rings is 1. The molecule has 0 bridgehead atoms. The zero-order valence-corrected chi connectivity index (χ0v) is 28.8. The molecule has 1 saturated heterocycles. The van der Waals surface area contributed by atoms with E-state index in [0.29, 0.717) is 45.9 Å². The molecule has 0 N–H and O–H groups in total. The summed E-state index contributed by atoms with van der Waals surface area (Å²) in [6.07, 6.45) is 4.58. The quantitative estimate of drug-likeness (QED) is 0.160. The van der Waals surface area contributed by atoms with Crippen molar-refractivity contribution >= 4 is 50.7 Å². The van der Waals surface area contributed by atoms with Crippen molar-refractivity contribution in [2.75, 3.05) is 46.1 Å². The van der Waals surface area contributed by atoms with Gasteiger partial charge in [-0.1, -0.05) is 71.7 Å².